The number of hydrogen-bond acceptors (Lipinski definition) is 7. The summed E-state index contributed by atoms with van der Waals surface area (Å²) in [5.74, 6) is 2.39. The van der Waals surface area contributed by atoms with E-state index in [1.54, 1.807) is 18.5 Å². The minimum Gasteiger partial charge on any atom is -0.438 e. The van der Waals surface area contributed by atoms with Gasteiger partial charge in [0.2, 0.25) is 15.9 Å². The summed E-state index contributed by atoms with van der Waals surface area (Å²) in [5, 5.41) is 1.24. The monoisotopic (exact) mass is 543 g/mol. The van der Waals surface area contributed by atoms with Gasteiger partial charge in [0.05, 0.1) is 22.2 Å². The summed E-state index contributed by atoms with van der Waals surface area (Å²) in [4.78, 5) is 13.9. The third-order valence-corrected chi connectivity index (χ3v) is 9.80. The van der Waals surface area contributed by atoms with Crippen LogP contribution in [0.5, 0.6) is 11.6 Å². The lowest BCUT2D eigenvalue weighted by Crippen LogP contribution is -2.33. The van der Waals surface area contributed by atoms with Crippen LogP contribution in [-0.4, -0.2) is 34.7 Å². The molecule has 2 heterocycles. The van der Waals surface area contributed by atoms with Crippen molar-refractivity contribution in [3.8, 4) is 22.9 Å². The van der Waals surface area contributed by atoms with Gasteiger partial charge in [-0.25, -0.2) is 23.4 Å². The molecule has 0 bridgehead atoms. The number of aromatic nitrogens is 3. The molecule has 0 saturated heterocycles. The zero-order valence-corrected chi connectivity index (χ0v) is 22.6. The van der Waals surface area contributed by atoms with E-state index in [4.69, 9.17) is 15.5 Å². The summed E-state index contributed by atoms with van der Waals surface area (Å²) in [6, 6.07) is 17.2. The fourth-order valence-corrected chi connectivity index (χ4v) is 7.05. The molecule has 0 amide bonds. The highest BCUT2D eigenvalue weighted by Crippen LogP contribution is 2.37. The lowest BCUT2D eigenvalue weighted by Gasteiger charge is -2.26. The van der Waals surface area contributed by atoms with Gasteiger partial charge in [-0.05, 0) is 74.8 Å². The van der Waals surface area contributed by atoms with Crippen molar-refractivity contribution in [2.45, 2.75) is 62.7 Å². The van der Waals surface area contributed by atoms with Crippen LogP contribution in [0, 0.1) is 5.92 Å². The number of pyridine rings is 1. The minimum atomic E-state index is -3.42. The van der Waals surface area contributed by atoms with Gasteiger partial charge < -0.3 is 10.5 Å². The summed E-state index contributed by atoms with van der Waals surface area (Å²) >= 11 is 0. The third-order valence-electron chi connectivity index (χ3n) is 7.95. The normalized spacial score (nSPS) is 19.9. The molecule has 0 atom stereocenters. The summed E-state index contributed by atoms with van der Waals surface area (Å²) in [6.45, 7) is 0. The molecule has 2 aliphatic rings. The summed E-state index contributed by atoms with van der Waals surface area (Å²) in [7, 11) is -3.42. The second-order valence-corrected chi connectivity index (χ2v) is 12.6. The smallest absolute Gasteiger partial charge is 0.235 e. The number of sulfonamides is 1. The standard InChI is InChI=1S/C30H33N5O3S/c31-21-14-12-20(13-15-21)19-29-32-18-16-26(34-29)25-9-4-17-33-30(25)38-28-11-3-7-23-24(28)8-2-10-27(23)35-39(36,37)22-5-1-6-22/h2-4,7-11,16-18,20-22,35H,1,5-6,12-15,19,31H2. The zero-order valence-electron chi connectivity index (χ0n) is 21.8. The van der Waals surface area contributed by atoms with E-state index in [1.165, 1.54) is 0 Å². The Morgan fingerprint density at radius 2 is 1.67 bits per heavy atom. The fraction of sp³-hybridized carbons (Fsp3) is 0.367. The topological polar surface area (TPSA) is 120 Å². The molecule has 0 radical (unpaired) electrons. The molecule has 2 aliphatic carbocycles. The molecular formula is C30H33N5O3S. The van der Waals surface area contributed by atoms with Gasteiger partial charge in [-0.3, -0.25) is 4.72 Å². The van der Waals surface area contributed by atoms with Gasteiger partial charge in [0.25, 0.3) is 0 Å². The van der Waals surface area contributed by atoms with Crippen molar-refractivity contribution in [1.29, 1.82) is 0 Å². The van der Waals surface area contributed by atoms with E-state index in [2.05, 4.69) is 14.7 Å². The van der Waals surface area contributed by atoms with Crippen LogP contribution in [0.15, 0.2) is 67.0 Å². The van der Waals surface area contributed by atoms with Gasteiger partial charge in [-0.1, -0.05) is 30.7 Å². The summed E-state index contributed by atoms with van der Waals surface area (Å²) in [5.41, 5.74) is 8.15. The molecule has 2 saturated carbocycles. The number of anilines is 1. The molecular weight excluding hydrogens is 510 g/mol. The predicted octanol–water partition coefficient (Wildman–Crippen LogP) is 5.84. The average Bonchev–Trinajstić information content (AvgIpc) is 2.90. The zero-order chi connectivity index (χ0) is 26.8. The fourth-order valence-electron chi connectivity index (χ4n) is 5.45. The van der Waals surface area contributed by atoms with Gasteiger partial charge in [0.1, 0.15) is 11.6 Å². The first-order chi connectivity index (χ1) is 19.0. The van der Waals surface area contributed by atoms with Crippen LogP contribution in [0.2, 0.25) is 0 Å². The maximum atomic E-state index is 12.8. The van der Waals surface area contributed by atoms with Gasteiger partial charge in [0.15, 0.2) is 0 Å². The Balaban J connectivity index is 1.28. The van der Waals surface area contributed by atoms with E-state index in [0.29, 0.717) is 42.1 Å². The van der Waals surface area contributed by atoms with E-state index in [0.717, 1.165) is 66.4 Å². The molecule has 8 nitrogen and oxygen atoms in total. The number of rotatable bonds is 8. The van der Waals surface area contributed by atoms with Crippen LogP contribution >= 0.6 is 0 Å². The Kier molecular flexibility index (Phi) is 7.18. The Morgan fingerprint density at radius 1 is 0.872 bits per heavy atom. The molecule has 0 unspecified atom stereocenters. The molecule has 2 aromatic carbocycles. The maximum absolute atomic E-state index is 12.8. The largest absolute Gasteiger partial charge is 0.438 e. The van der Waals surface area contributed by atoms with Crippen LogP contribution in [0.1, 0.15) is 50.8 Å². The number of fused-ring (bicyclic) bond motifs is 1. The van der Waals surface area contributed by atoms with Crippen LogP contribution in [-0.2, 0) is 16.4 Å². The van der Waals surface area contributed by atoms with Crippen molar-refractivity contribution >= 4 is 26.5 Å². The molecule has 2 fully saturated rings. The first kappa shape index (κ1) is 25.7. The van der Waals surface area contributed by atoms with Crippen molar-refractivity contribution in [3.63, 3.8) is 0 Å². The van der Waals surface area contributed by atoms with Gasteiger partial charge in [-0.2, -0.15) is 0 Å². The number of nitrogens with two attached hydrogens (primary N) is 1. The Morgan fingerprint density at radius 3 is 2.46 bits per heavy atom. The molecule has 0 aliphatic heterocycles. The summed E-state index contributed by atoms with van der Waals surface area (Å²) < 4.78 is 34.8. The lowest BCUT2D eigenvalue weighted by atomic mass is 9.84. The molecule has 4 aromatic rings. The molecule has 2 aromatic heterocycles. The quantitative estimate of drug-likeness (QED) is 0.286. The van der Waals surface area contributed by atoms with Crippen molar-refractivity contribution in [1.82, 2.24) is 15.0 Å². The Hall–Kier alpha value is -3.56. The Labute approximate surface area is 229 Å². The lowest BCUT2D eigenvalue weighted by molar-refractivity contribution is 0.321. The Bertz CT molecular complexity index is 1580. The van der Waals surface area contributed by atoms with E-state index in [9.17, 15) is 8.42 Å². The van der Waals surface area contributed by atoms with E-state index >= 15 is 0 Å². The SMILES string of the molecule is NC1CCC(Cc2nccc(-c3cccnc3Oc3cccc4c(NS(=O)(=O)C5CCC5)cccc34)n2)CC1. The van der Waals surface area contributed by atoms with E-state index in [-0.39, 0.29) is 5.25 Å². The predicted molar refractivity (Wildman–Crippen MR) is 153 cm³/mol. The van der Waals surface area contributed by atoms with Crippen molar-refractivity contribution in [2.24, 2.45) is 11.7 Å². The van der Waals surface area contributed by atoms with Crippen LogP contribution in [0.25, 0.3) is 22.0 Å². The second-order valence-electron chi connectivity index (χ2n) is 10.7. The second kappa shape index (κ2) is 10.9. The summed E-state index contributed by atoms with van der Waals surface area (Å²) in [6.07, 6.45) is 11.0. The molecule has 6 rings (SSSR count). The van der Waals surface area contributed by atoms with Gasteiger partial charge >= 0.3 is 0 Å². The number of hydrogen-bond donors (Lipinski definition) is 2. The van der Waals surface area contributed by atoms with E-state index in [1.807, 2.05) is 48.5 Å². The molecule has 9 heteroatoms. The van der Waals surface area contributed by atoms with Crippen molar-refractivity contribution < 1.29 is 13.2 Å². The average molecular weight is 544 g/mol. The number of nitrogens with one attached hydrogen (secondary N) is 1. The molecule has 3 N–H and O–H groups in total. The molecule has 39 heavy (non-hydrogen) atoms. The maximum Gasteiger partial charge on any atom is 0.235 e. The first-order valence-electron chi connectivity index (χ1n) is 13.7. The van der Waals surface area contributed by atoms with Gasteiger partial charge in [-0.15, -0.1) is 0 Å². The highest BCUT2D eigenvalue weighted by molar-refractivity contribution is 7.93. The van der Waals surface area contributed by atoms with Crippen molar-refractivity contribution in [3.05, 3.63) is 72.8 Å². The number of benzene rings is 2. The minimum absolute atomic E-state index is 0.316. The van der Waals surface area contributed by atoms with Crippen LogP contribution in [0.3, 0.4) is 0 Å². The third kappa shape index (κ3) is 5.60. The van der Waals surface area contributed by atoms with E-state index < -0.39 is 10.0 Å². The highest BCUT2D eigenvalue weighted by Gasteiger charge is 2.31. The van der Waals surface area contributed by atoms with Crippen LogP contribution in [0.4, 0.5) is 5.69 Å². The highest BCUT2D eigenvalue weighted by atomic mass is 32.2. The number of nitrogens with zero attached hydrogens (tertiary/aromatic N) is 3. The van der Waals surface area contributed by atoms with Crippen molar-refractivity contribution in [2.75, 3.05) is 4.72 Å². The number of ether oxygens (including phenoxy) is 1. The van der Waals surface area contributed by atoms with Crippen LogP contribution < -0.4 is 15.2 Å². The first-order valence-corrected chi connectivity index (χ1v) is 15.2. The molecule has 202 valence electrons. The molecule has 0 spiro atoms. The van der Waals surface area contributed by atoms with Gasteiger partial charge in [0, 0.05) is 35.6 Å².